The number of sulfonamides is 1. The highest BCUT2D eigenvalue weighted by molar-refractivity contribution is 7.89. The zero-order chi connectivity index (χ0) is 21.7. The number of benzene rings is 2. The van der Waals surface area contributed by atoms with E-state index in [0.717, 1.165) is 12.1 Å². The fourth-order valence-corrected chi connectivity index (χ4v) is 3.34. The molecule has 1 amide bonds. The molecule has 0 spiro atoms. The molecule has 0 atom stereocenters. The lowest BCUT2D eigenvalue weighted by Gasteiger charge is -2.11. The summed E-state index contributed by atoms with van der Waals surface area (Å²) in [4.78, 5) is 23.2. The number of amides is 1. The number of anilines is 1. The maximum atomic E-state index is 12.2. The van der Waals surface area contributed by atoms with Crippen LogP contribution in [0.25, 0.3) is 0 Å². The molecular weight excluding hydrogens is 413 g/mol. The predicted molar refractivity (Wildman–Crippen MR) is 98.0 cm³/mol. The van der Waals surface area contributed by atoms with Crippen LogP contribution >= 0.6 is 0 Å². The minimum atomic E-state index is -4.86. The van der Waals surface area contributed by atoms with Gasteiger partial charge in [0.25, 0.3) is 0 Å². The van der Waals surface area contributed by atoms with Crippen molar-refractivity contribution >= 4 is 27.4 Å². The Morgan fingerprint density at radius 1 is 1.07 bits per heavy atom. The Labute approximate surface area is 164 Å². The van der Waals surface area contributed by atoms with Gasteiger partial charge in [0.15, 0.2) is 5.78 Å². The van der Waals surface area contributed by atoms with Gasteiger partial charge in [0.2, 0.25) is 15.9 Å². The van der Waals surface area contributed by atoms with Gasteiger partial charge in [-0.25, -0.2) is 13.1 Å². The van der Waals surface area contributed by atoms with Crippen LogP contribution in [0.5, 0.6) is 5.75 Å². The number of nitrogens with one attached hydrogen (secondary N) is 2. The number of carbonyl (C=O) groups is 2. The molecule has 0 aromatic heterocycles. The van der Waals surface area contributed by atoms with E-state index in [1.54, 1.807) is 0 Å². The van der Waals surface area contributed by atoms with Crippen molar-refractivity contribution in [2.75, 3.05) is 11.9 Å². The minimum Gasteiger partial charge on any atom is -0.406 e. The van der Waals surface area contributed by atoms with Crippen LogP contribution in [-0.2, 0) is 14.8 Å². The van der Waals surface area contributed by atoms with Crippen molar-refractivity contribution in [3.63, 3.8) is 0 Å². The summed E-state index contributed by atoms with van der Waals surface area (Å²) in [5.74, 6) is -1.41. The summed E-state index contributed by atoms with van der Waals surface area (Å²) in [6.45, 7) is 1.05. The molecule has 0 saturated heterocycles. The van der Waals surface area contributed by atoms with Crippen molar-refractivity contribution in [1.29, 1.82) is 0 Å². The van der Waals surface area contributed by atoms with E-state index in [1.807, 2.05) is 0 Å². The van der Waals surface area contributed by atoms with E-state index in [1.165, 1.54) is 43.3 Å². The number of hydrogen-bond acceptors (Lipinski definition) is 5. The lowest BCUT2D eigenvalue weighted by molar-refractivity contribution is -0.274. The Balaban J connectivity index is 1.92. The summed E-state index contributed by atoms with van der Waals surface area (Å²) in [5, 5.41) is 2.35. The van der Waals surface area contributed by atoms with E-state index in [-0.39, 0.29) is 34.9 Å². The van der Waals surface area contributed by atoms with E-state index >= 15 is 0 Å². The molecule has 0 aliphatic rings. The lowest BCUT2D eigenvalue weighted by atomic mass is 10.2. The van der Waals surface area contributed by atoms with E-state index in [9.17, 15) is 31.2 Å². The number of alkyl halides is 3. The molecule has 29 heavy (non-hydrogen) atoms. The van der Waals surface area contributed by atoms with Crippen LogP contribution < -0.4 is 14.8 Å². The van der Waals surface area contributed by atoms with Crippen LogP contribution in [0.4, 0.5) is 18.9 Å². The van der Waals surface area contributed by atoms with Crippen molar-refractivity contribution in [2.45, 2.75) is 24.6 Å². The second-order valence-corrected chi connectivity index (χ2v) is 7.62. The summed E-state index contributed by atoms with van der Waals surface area (Å²) < 4.78 is 67.2. The summed E-state index contributed by atoms with van der Waals surface area (Å²) >= 11 is 0. The Morgan fingerprint density at radius 2 is 1.76 bits per heavy atom. The van der Waals surface area contributed by atoms with Gasteiger partial charge in [-0.05, 0) is 31.2 Å². The van der Waals surface area contributed by atoms with Crippen LogP contribution in [-0.4, -0.2) is 33.0 Å². The molecule has 156 valence electrons. The van der Waals surface area contributed by atoms with Crippen LogP contribution in [0.15, 0.2) is 53.4 Å². The van der Waals surface area contributed by atoms with Crippen molar-refractivity contribution < 1.29 is 35.9 Å². The van der Waals surface area contributed by atoms with Crippen LogP contribution in [0, 0.1) is 0 Å². The molecule has 0 unspecified atom stereocenters. The van der Waals surface area contributed by atoms with Gasteiger partial charge in [-0.15, -0.1) is 13.2 Å². The Hall–Kier alpha value is -2.92. The number of carbonyl (C=O) groups excluding carboxylic acids is 2. The predicted octanol–water partition coefficient (Wildman–Crippen LogP) is 3.09. The molecule has 0 aliphatic carbocycles. The average Bonchev–Trinajstić information content (AvgIpc) is 2.60. The zero-order valence-corrected chi connectivity index (χ0v) is 15.9. The van der Waals surface area contributed by atoms with Gasteiger partial charge in [0.1, 0.15) is 5.75 Å². The van der Waals surface area contributed by atoms with Gasteiger partial charge in [0, 0.05) is 30.3 Å². The summed E-state index contributed by atoms with van der Waals surface area (Å²) in [5.41, 5.74) is 0.292. The molecule has 0 aliphatic heterocycles. The molecule has 0 radical (unpaired) electrons. The SMILES string of the molecule is CC(=O)c1cccc(S(=O)(=O)NCCC(=O)Nc2cccc(OC(F)(F)F)c2)c1. The van der Waals surface area contributed by atoms with E-state index in [4.69, 9.17) is 0 Å². The Morgan fingerprint density at radius 3 is 2.41 bits per heavy atom. The van der Waals surface area contributed by atoms with Gasteiger partial charge < -0.3 is 10.1 Å². The molecular formula is C18H17F3N2O5S. The molecule has 11 heteroatoms. The summed E-state index contributed by atoms with van der Waals surface area (Å²) in [7, 11) is -3.94. The zero-order valence-electron chi connectivity index (χ0n) is 15.1. The summed E-state index contributed by atoms with van der Waals surface area (Å²) in [6.07, 6.45) is -5.13. The first-order valence-corrected chi connectivity index (χ1v) is 9.71. The van der Waals surface area contributed by atoms with Crippen LogP contribution in [0.1, 0.15) is 23.7 Å². The van der Waals surface area contributed by atoms with Crippen LogP contribution in [0.3, 0.4) is 0 Å². The third kappa shape index (κ3) is 7.20. The Kier molecular flexibility index (Phi) is 6.98. The lowest BCUT2D eigenvalue weighted by Crippen LogP contribution is -2.28. The van der Waals surface area contributed by atoms with Gasteiger partial charge in [-0.1, -0.05) is 18.2 Å². The van der Waals surface area contributed by atoms with Crippen LogP contribution in [0.2, 0.25) is 0 Å². The molecule has 2 rings (SSSR count). The van der Waals surface area contributed by atoms with E-state index in [2.05, 4.69) is 14.8 Å². The van der Waals surface area contributed by atoms with Gasteiger partial charge >= 0.3 is 6.36 Å². The number of hydrogen-bond donors (Lipinski definition) is 2. The van der Waals surface area contributed by atoms with Crippen molar-refractivity contribution in [1.82, 2.24) is 4.72 Å². The third-order valence-electron chi connectivity index (χ3n) is 3.55. The minimum absolute atomic E-state index is 0.0637. The molecule has 7 nitrogen and oxygen atoms in total. The monoisotopic (exact) mass is 430 g/mol. The number of halogens is 3. The van der Waals surface area contributed by atoms with Crippen molar-refractivity contribution in [2.24, 2.45) is 0 Å². The molecule has 0 bridgehead atoms. The standard InChI is InChI=1S/C18H17F3N2O5S/c1-12(24)13-4-2-7-16(10-13)29(26,27)22-9-8-17(25)23-14-5-3-6-15(11-14)28-18(19,20)21/h2-7,10-11,22H,8-9H2,1H3,(H,23,25). The highest BCUT2D eigenvalue weighted by atomic mass is 32.2. The number of ketones is 1. The molecule has 0 heterocycles. The average molecular weight is 430 g/mol. The molecule has 2 aromatic carbocycles. The first kappa shape index (κ1) is 22.4. The molecule has 2 N–H and O–H groups in total. The first-order chi connectivity index (χ1) is 13.5. The first-order valence-electron chi connectivity index (χ1n) is 8.22. The van der Waals surface area contributed by atoms with E-state index in [0.29, 0.717) is 0 Å². The number of Topliss-reactive ketones (excluding diaryl/α,β-unsaturated/α-hetero) is 1. The molecule has 2 aromatic rings. The van der Waals surface area contributed by atoms with Crippen molar-refractivity contribution in [3.05, 3.63) is 54.1 Å². The maximum absolute atomic E-state index is 12.2. The topological polar surface area (TPSA) is 102 Å². The third-order valence-corrected chi connectivity index (χ3v) is 5.01. The Bertz CT molecular complexity index is 1010. The molecule has 0 saturated carbocycles. The molecule has 0 fully saturated rings. The van der Waals surface area contributed by atoms with Gasteiger partial charge in [-0.3, -0.25) is 9.59 Å². The highest BCUT2D eigenvalue weighted by Gasteiger charge is 2.31. The summed E-state index contributed by atoms with van der Waals surface area (Å²) in [6, 6.07) is 10.1. The smallest absolute Gasteiger partial charge is 0.406 e. The quantitative estimate of drug-likeness (QED) is 0.627. The maximum Gasteiger partial charge on any atom is 0.573 e. The fraction of sp³-hybridized carbons (Fsp3) is 0.222. The van der Waals surface area contributed by atoms with E-state index < -0.39 is 28.0 Å². The van der Waals surface area contributed by atoms with Crippen molar-refractivity contribution in [3.8, 4) is 5.75 Å². The van der Waals surface area contributed by atoms with Gasteiger partial charge in [0.05, 0.1) is 4.90 Å². The fourth-order valence-electron chi connectivity index (χ4n) is 2.26. The second-order valence-electron chi connectivity index (χ2n) is 5.86. The number of ether oxygens (including phenoxy) is 1. The second kappa shape index (κ2) is 9.05. The largest absolute Gasteiger partial charge is 0.573 e. The highest BCUT2D eigenvalue weighted by Crippen LogP contribution is 2.25. The number of rotatable bonds is 8. The normalized spacial score (nSPS) is 11.7. The van der Waals surface area contributed by atoms with Gasteiger partial charge in [-0.2, -0.15) is 0 Å².